The van der Waals surface area contributed by atoms with Crippen LogP contribution in [0.2, 0.25) is 0 Å². The Bertz CT molecular complexity index is 409. The molecule has 0 aliphatic heterocycles. The van der Waals surface area contributed by atoms with E-state index in [0.29, 0.717) is 6.54 Å². The Morgan fingerprint density at radius 1 is 1.47 bits per heavy atom. The molecule has 1 heterocycles. The van der Waals surface area contributed by atoms with Crippen LogP contribution < -0.4 is 5.32 Å². The van der Waals surface area contributed by atoms with Gasteiger partial charge in [0, 0.05) is 25.3 Å². The number of aryl methyl sites for hydroxylation is 1. The predicted molar refractivity (Wildman–Crippen MR) is 63.3 cm³/mol. The van der Waals surface area contributed by atoms with Gasteiger partial charge < -0.3 is 10.4 Å². The zero-order valence-electron chi connectivity index (χ0n) is 11.0. The number of aromatic nitrogens is 3. The molecule has 0 aliphatic rings. The molecular weight excluding hydrogens is 220 g/mol. The van der Waals surface area contributed by atoms with Gasteiger partial charge in [-0.3, -0.25) is 9.48 Å². The molecule has 0 spiro atoms. The third-order valence-electron chi connectivity index (χ3n) is 3.46. The molecule has 0 amide bonds. The number of carbonyl (C=O) groups is 1. The van der Waals surface area contributed by atoms with Gasteiger partial charge in [-0.2, -0.15) is 0 Å². The summed E-state index contributed by atoms with van der Waals surface area (Å²) in [6.07, 6.45) is 1.80. The zero-order valence-corrected chi connectivity index (χ0v) is 11.0. The van der Waals surface area contributed by atoms with Crippen molar-refractivity contribution < 1.29 is 9.90 Å². The molecule has 0 atom stereocenters. The summed E-state index contributed by atoms with van der Waals surface area (Å²) in [6.45, 7) is 7.66. The first-order valence-corrected chi connectivity index (χ1v) is 5.50. The van der Waals surface area contributed by atoms with Gasteiger partial charge in [0.1, 0.15) is 0 Å². The van der Waals surface area contributed by atoms with Gasteiger partial charge in [0.2, 0.25) is 0 Å². The molecule has 17 heavy (non-hydrogen) atoms. The molecule has 0 fully saturated rings. The molecule has 0 aromatic carbocycles. The summed E-state index contributed by atoms with van der Waals surface area (Å²) in [4.78, 5) is 11.2. The fourth-order valence-electron chi connectivity index (χ4n) is 1.28. The minimum Gasteiger partial charge on any atom is -0.481 e. The molecule has 96 valence electrons. The molecule has 1 aromatic heterocycles. The van der Waals surface area contributed by atoms with Crippen LogP contribution in [-0.2, 0) is 18.4 Å². The molecular formula is C11H20N4O2. The average molecular weight is 240 g/mol. The number of rotatable bonds is 5. The van der Waals surface area contributed by atoms with E-state index in [1.54, 1.807) is 31.8 Å². The van der Waals surface area contributed by atoms with E-state index in [4.69, 9.17) is 0 Å². The molecule has 0 saturated carbocycles. The first kappa shape index (κ1) is 13.6. The summed E-state index contributed by atoms with van der Waals surface area (Å²) < 4.78 is 1.62. The van der Waals surface area contributed by atoms with E-state index >= 15 is 0 Å². The Labute approximate surface area is 101 Å². The van der Waals surface area contributed by atoms with E-state index in [2.05, 4.69) is 15.6 Å². The van der Waals surface area contributed by atoms with Gasteiger partial charge in [-0.25, -0.2) is 0 Å². The van der Waals surface area contributed by atoms with Crippen molar-refractivity contribution in [3.8, 4) is 0 Å². The van der Waals surface area contributed by atoms with Crippen molar-refractivity contribution in [3.05, 3.63) is 11.9 Å². The highest BCUT2D eigenvalue weighted by atomic mass is 16.4. The number of hydrogen-bond acceptors (Lipinski definition) is 4. The Balaban J connectivity index is 2.70. The Kier molecular flexibility index (Phi) is 3.56. The second kappa shape index (κ2) is 4.44. The van der Waals surface area contributed by atoms with E-state index in [1.807, 2.05) is 13.8 Å². The van der Waals surface area contributed by atoms with Gasteiger partial charge in [0.15, 0.2) is 0 Å². The van der Waals surface area contributed by atoms with Crippen molar-refractivity contribution in [2.75, 3.05) is 0 Å². The normalized spacial score (nSPS) is 12.8. The highest BCUT2D eigenvalue weighted by Gasteiger charge is 2.43. The minimum absolute atomic E-state index is 0.498. The first-order chi connectivity index (χ1) is 7.67. The first-order valence-electron chi connectivity index (χ1n) is 5.50. The van der Waals surface area contributed by atoms with E-state index in [1.165, 1.54) is 0 Å². The highest BCUT2D eigenvalue weighted by molar-refractivity contribution is 5.75. The van der Waals surface area contributed by atoms with Gasteiger partial charge in [-0.15, -0.1) is 5.10 Å². The second-order valence-corrected chi connectivity index (χ2v) is 5.29. The van der Waals surface area contributed by atoms with Crippen molar-refractivity contribution in [1.29, 1.82) is 0 Å². The average Bonchev–Trinajstić information content (AvgIpc) is 2.61. The van der Waals surface area contributed by atoms with Crippen LogP contribution in [-0.4, -0.2) is 31.6 Å². The van der Waals surface area contributed by atoms with Crippen molar-refractivity contribution >= 4 is 5.97 Å². The maximum absolute atomic E-state index is 11.2. The van der Waals surface area contributed by atoms with Crippen LogP contribution in [0.5, 0.6) is 0 Å². The third-order valence-corrected chi connectivity index (χ3v) is 3.46. The number of carboxylic acids is 1. The molecule has 6 heteroatoms. The highest BCUT2D eigenvalue weighted by Crippen LogP contribution is 2.30. The Morgan fingerprint density at radius 2 is 2.06 bits per heavy atom. The largest absolute Gasteiger partial charge is 0.481 e. The number of hydrogen-bond donors (Lipinski definition) is 2. The zero-order chi connectivity index (χ0) is 13.3. The summed E-state index contributed by atoms with van der Waals surface area (Å²) in [7, 11) is 1.79. The lowest BCUT2D eigenvalue weighted by Crippen LogP contribution is -2.54. The van der Waals surface area contributed by atoms with Gasteiger partial charge in [-0.1, -0.05) is 5.21 Å². The summed E-state index contributed by atoms with van der Waals surface area (Å²) >= 11 is 0. The van der Waals surface area contributed by atoms with Gasteiger partial charge in [0.05, 0.1) is 11.1 Å². The molecule has 0 radical (unpaired) electrons. The molecule has 1 aromatic rings. The second-order valence-electron chi connectivity index (χ2n) is 5.29. The lowest BCUT2D eigenvalue weighted by Gasteiger charge is -2.38. The van der Waals surface area contributed by atoms with E-state index in [0.717, 1.165) is 5.69 Å². The van der Waals surface area contributed by atoms with E-state index < -0.39 is 16.9 Å². The van der Waals surface area contributed by atoms with Crippen molar-refractivity contribution in [1.82, 2.24) is 20.3 Å². The van der Waals surface area contributed by atoms with Crippen LogP contribution >= 0.6 is 0 Å². The topological polar surface area (TPSA) is 80.0 Å². The van der Waals surface area contributed by atoms with Gasteiger partial charge in [-0.05, 0) is 27.7 Å². The predicted octanol–water partition coefficient (Wildman–Crippen LogP) is 0.794. The number of nitrogens with zero attached hydrogens (tertiary/aromatic N) is 3. The van der Waals surface area contributed by atoms with Crippen LogP contribution in [0, 0.1) is 5.41 Å². The van der Waals surface area contributed by atoms with Crippen molar-refractivity contribution in [3.63, 3.8) is 0 Å². The molecule has 0 aliphatic carbocycles. The third kappa shape index (κ3) is 2.82. The van der Waals surface area contributed by atoms with E-state index in [-0.39, 0.29) is 0 Å². The Morgan fingerprint density at radius 3 is 2.47 bits per heavy atom. The van der Waals surface area contributed by atoms with Crippen LogP contribution in [0.4, 0.5) is 0 Å². The summed E-state index contributed by atoms with van der Waals surface area (Å²) in [6, 6.07) is 0. The number of carboxylic acid groups (broad SMARTS) is 1. The van der Waals surface area contributed by atoms with Crippen LogP contribution in [0.3, 0.4) is 0 Å². The molecule has 0 saturated heterocycles. The van der Waals surface area contributed by atoms with Crippen LogP contribution in [0.15, 0.2) is 6.20 Å². The van der Waals surface area contributed by atoms with Crippen LogP contribution in [0.25, 0.3) is 0 Å². The standard InChI is InChI=1S/C11H20N4O2/c1-10(2,9(16)17)11(3,4)12-6-8-7-15(5)14-13-8/h7,12H,6H2,1-5H3,(H,16,17). The molecule has 0 bridgehead atoms. The van der Waals surface area contributed by atoms with Gasteiger partial charge >= 0.3 is 5.97 Å². The smallest absolute Gasteiger partial charge is 0.310 e. The maximum Gasteiger partial charge on any atom is 0.310 e. The number of nitrogens with one attached hydrogen (secondary N) is 1. The van der Waals surface area contributed by atoms with Crippen LogP contribution in [0.1, 0.15) is 33.4 Å². The monoisotopic (exact) mass is 240 g/mol. The molecule has 0 unspecified atom stereocenters. The lowest BCUT2D eigenvalue weighted by atomic mass is 9.74. The molecule has 6 nitrogen and oxygen atoms in total. The Hall–Kier alpha value is -1.43. The SMILES string of the molecule is Cn1cc(CNC(C)(C)C(C)(C)C(=O)O)nn1. The summed E-state index contributed by atoms with van der Waals surface area (Å²) in [5, 5.41) is 20.2. The maximum atomic E-state index is 11.2. The number of aliphatic carboxylic acids is 1. The molecule has 2 N–H and O–H groups in total. The quantitative estimate of drug-likeness (QED) is 0.795. The van der Waals surface area contributed by atoms with Gasteiger partial charge in [0.25, 0.3) is 0 Å². The lowest BCUT2D eigenvalue weighted by molar-refractivity contribution is -0.151. The fraction of sp³-hybridized carbons (Fsp3) is 0.727. The molecule has 1 rings (SSSR count). The summed E-state index contributed by atoms with van der Waals surface area (Å²) in [5.41, 5.74) is -0.618. The van der Waals surface area contributed by atoms with Crippen molar-refractivity contribution in [2.24, 2.45) is 12.5 Å². The minimum atomic E-state index is -0.866. The fourth-order valence-corrected chi connectivity index (χ4v) is 1.28. The van der Waals surface area contributed by atoms with Crippen molar-refractivity contribution in [2.45, 2.75) is 39.8 Å². The van der Waals surface area contributed by atoms with E-state index in [9.17, 15) is 9.90 Å². The summed E-state index contributed by atoms with van der Waals surface area (Å²) in [5.74, 6) is -0.825.